The molecule has 2 aromatic heterocycles. The lowest BCUT2D eigenvalue weighted by molar-refractivity contribution is -0.129. The Kier molecular flexibility index (Phi) is 5.58. The van der Waals surface area contributed by atoms with E-state index in [-0.39, 0.29) is 17.5 Å². The van der Waals surface area contributed by atoms with Crippen molar-refractivity contribution in [3.05, 3.63) is 77.6 Å². The van der Waals surface area contributed by atoms with E-state index >= 15 is 0 Å². The van der Waals surface area contributed by atoms with E-state index in [2.05, 4.69) is 16.7 Å². The molecule has 160 valence electrons. The van der Waals surface area contributed by atoms with Gasteiger partial charge in [-0.3, -0.25) is 4.79 Å². The predicted octanol–water partition coefficient (Wildman–Crippen LogP) is 4.89. The highest BCUT2D eigenvalue weighted by Gasteiger charge is 2.30. The molecule has 3 aromatic rings. The largest absolute Gasteiger partial charge is 0.343 e. The molecule has 0 saturated heterocycles. The number of fused-ring (bicyclic) bond motifs is 1. The maximum atomic E-state index is 14.0. The molecule has 0 bridgehead atoms. The molecule has 1 aromatic carbocycles. The fourth-order valence-electron chi connectivity index (χ4n) is 3.67. The summed E-state index contributed by atoms with van der Waals surface area (Å²) in [6.07, 6.45) is 4.74. The third-order valence-electron chi connectivity index (χ3n) is 5.13. The van der Waals surface area contributed by atoms with Crippen LogP contribution in [-0.2, 0) is 11.3 Å². The van der Waals surface area contributed by atoms with Crippen molar-refractivity contribution >= 4 is 23.2 Å². The Hall–Kier alpha value is -3.49. The molecule has 0 N–H and O–H groups in total. The standard InChI is InChI=1S/C22H18F4N4O/c1-13(3-2-6-29-12-18(26)21-20(29)10-17(25)11-27-21)22(31)30-19(4-5-28-30)14-7-15(23)9-16(24)8-14/h5,7-12,19H,1-4,6H2. The Morgan fingerprint density at radius 2 is 1.84 bits per heavy atom. The van der Waals surface area contributed by atoms with E-state index in [4.69, 9.17) is 0 Å². The summed E-state index contributed by atoms with van der Waals surface area (Å²) in [5.41, 5.74) is 0.960. The number of aryl methyl sites for hydroxylation is 1. The number of nitrogens with zero attached hydrogens (tertiary/aromatic N) is 4. The number of aromatic nitrogens is 2. The minimum absolute atomic E-state index is 0.0767. The second-order valence-electron chi connectivity index (χ2n) is 7.30. The van der Waals surface area contributed by atoms with Crippen LogP contribution in [0.4, 0.5) is 17.6 Å². The number of pyridine rings is 1. The Morgan fingerprint density at radius 3 is 2.58 bits per heavy atom. The molecule has 0 spiro atoms. The van der Waals surface area contributed by atoms with Crippen molar-refractivity contribution in [1.29, 1.82) is 0 Å². The smallest absolute Gasteiger partial charge is 0.269 e. The molecule has 1 aliphatic rings. The lowest BCUT2D eigenvalue weighted by atomic mass is 10.0. The first-order valence-corrected chi connectivity index (χ1v) is 9.63. The Bertz CT molecular complexity index is 1180. The van der Waals surface area contributed by atoms with Crippen molar-refractivity contribution in [1.82, 2.24) is 14.6 Å². The zero-order valence-corrected chi connectivity index (χ0v) is 16.4. The highest BCUT2D eigenvalue weighted by molar-refractivity contribution is 5.94. The van der Waals surface area contributed by atoms with Crippen molar-refractivity contribution < 1.29 is 22.4 Å². The Morgan fingerprint density at radius 1 is 1.10 bits per heavy atom. The number of benzene rings is 1. The highest BCUT2D eigenvalue weighted by Crippen LogP contribution is 2.31. The second kappa shape index (κ2) is 8.33. The Balaban J connectivity index is 1.41. The normalized spacial score (nSPS) is 15.7. The molecular formula is C22H18F4N4O. The summed E-state index contributed by atoms with van der Waals surface area (Å²) in [5, 5.41) is 5.21. The van der Waals surface area contributed by atoms with E-state index in [1.165, 1.54) is 40.2 Å². The maximum absolute atomic E-state index is 14.0. The van der Waals surface area contributed by atoms with E-state index in [9.17, 15) is 22.4 Å². The van der Waals surface area contributed by atoms with Gasteiger partial charge in [0.05, 0.1) is 17.8 Å². The van der Waals surface area contributed by atoms with Crippen LogP contribution in [0.15, 0.2) is 53.9 Å². The van der Waals surface area contributed by atoms with E-state index < -0.39 is 35.2 Å². The average Bonchev–Trinajstić information content (AvgIpc) is 3.32. The fraction of sp³-hybridized carbons (Fsp3) is 0.227. The minimum atomic E-state index is -0.731. The summed E-state index contributed by atoms with van der Waals surface area (Å²) in [4.78, 5) is 16.6. The van der Waals surface area contributed by atoms with Crippen LogP contribution in [0.3, 0.4) is 0 Å². The number of halogens is 4. The SMILES string of the molecule is C=C(CCCn1cc(F)c2ncc(F)cc21)C(=O)N1N=CCC1c1cc(F)cc(F)c1. The van der Waals surface area contributed by atoms with Gasteiger partial charge in [0.25, 0.3) is 5.91 Å². The van der Waals surface area contributed by atoms with Crippen molar-refractivity contribution in [2.75, 3.05) is 0 Å². The number of carbonyl (C=O) groups excluding carboxylic acids is 1. The molecule has 1 aliphatic heterocycles. The van der Waals surface area contributed by atoms with E-state index in [0.717, 1.165) is 12.3 Å². The molecule has 1 atom stereocenters. The van der Waals surface area contributed by atoms with Crippen LogP contribution in [-0.4, -0.2) is 26.7 Å². The fourth-order valence-corrected chi connectivity index (χ4v) is 3.67. The number of hydrazone groups is 1. The van der Waals surface area contributed by atoms with E-state index in [1.807, 2.05) is 0 Å². The third-order valence-corrected chi connectivity index (χ3v) is 5.13. The first-order valence-electron chi connectivity index (χ1n) is 9.63. The van der Waals surface area contributed by atoms with Crippen LogP contribution in [0, 0.1) is 23.3 Å². The summed E-state index contributed by atoms with van der Waals surface area (Å²) >= 11 is 0. The molecule has 1 unspecified atom stereocenters. The summed E-state index contributed by atoms with van der Waals surface area (Å²) in [6.45, 7) is 4.13. The minimum Gasteiger partial charge on any atom is -0.343 e. The number of hydrogen-bond acceptors (Lipinski definition) is 3. The topological polar surface area (TPSA) is 50.5 Å². The number of rotatable bonds is 6. The van der Waals surface area contributed by atoms with Gasteiger partial charge in [0.2, 0.25) is 0 Å². The molecule has 0 fully saturated rings. The first kappa shape index (κ1) is 20.8. The highest BCUT2D eigenvalue weighted by atomic mass is 19.1. The summed E-state index contributed by atoms with van der Waals surface area (Å²) in [7, 11) is 0. The average molecular weight is 430 g/mol. The first-order chi connectivity index (χ1) is 14.8. The van der Waals surface area contributed by atoms with Gasteiger partial charge in [0.15, 0.2) is 5.82 Å². The number of hydrogen-bond donors (Lipinski definition) is 0. The van der Waals surface area contributed by atoms with Gasteiger partial charge in [-0.15, -0.1) is 0 Å². The lowest BCUT2D eigenvalue weighted by Gasteiger charge is -2.23. The summed E-state index contributed by atoms with van der Waals surface area (Å²) in [6, 6.07) is 3.69. The van der Waals surface area contributed by atoms with E-state index in [1.54, 1.807) is 0 Å². The van der Waals surface area contributed by atoms with Crippen LogP contribution in [0.2, 0.25) is 0 Å². The van der Waals surface area contributed by atoms with Gasteiger partial charge in [-0.05, 0) is 30.5 Å². The van der Waals surface area contributed by atoms with Crippen molar-refractivity contribution in [2.24, 2.45) is 5.10 Å². The molecule has 0 aliphatic carbocycles. The van der Waals surface area contributed by atoms with Crippen LogP contribution in [0.1, 0.15) is 30.9 Å². The molecular weight excluding hydrogens is 412 g/mol. The van der Waals surface area contributed by atoms with Gasteiger partial charge < -0.3 is 4.57 Å². The third kappa shape index (κ3) is 4.21. The second-order valence-corrected chi connectivity index (χ2v) is 7.30. The van der Waals surface area contributed by atoms with E-state index in [0.29, 0.717) is 30.5 Å². The Labute approximate surface area is 175 Å². The van der Waals surface area contributed by atoms with Gasteiger partial charge >= 0.3 is 0 Å². The van der Waals surface area contributed by atoms with Crippen LogP contribution >= 0.6 is 0 Å². The van der Waals surface area contributed by atoms with Gasteiger partial charge in [-0.1, -0.05) is 6.58 Å². The summed E-state index contributed by atoms with van der Waals surface area (Å²) in [5.74, 6) is -3.05. The van der Waals surface area contributed by atoms with Crippen LogP contribution in [0.5, 0.6) is 0 Å². The quantitative estimate of drug-likeness (QED) is 0.413. The maximum Gasteiger partial charge on any atom is 0.269 e. The number of amides is 1. The zero-order valence-electron chi connectivity index (χ0n) is 16.4. The molecule has 4 rings (SSSR count). The van der Waals surface area contributed by atoms with Crippen LogP contribution < -0.4 is 0 Å². The molecule has 3 heterocycles. The number of carbonyl (C=O) groups is 1. The predicted molar refractivity (Wildman–Crippen MR) is 107 cm³/mol. The van der Waals surface area contributed by atoms with Crippen molar-refractivity contribution in [3.8, 4) is 0 Å². The van der Waals surface area contributed by atoms with Gasteiger partial charge in [0.1, 0.15) is 23.0 Å². The molecule has 5 nitrogen and oxygen atoms in total. The van der Waals surface area contributed by atoms with Gasteiger partial charge in [-0.2, -0.15) is 5.10 Å². The molecule has 0 saturated carbocycles. The molecule has 1 amide bonds. The molecule has 31 heavy (non-hydrogen) atoms. The monoisotopic (exact) mass is 430 g/mol. The van der Waals surface area contributed by atoms with Crippen LogP contribution in [0.25, 0.3) is 11.0 Å². The van der Waals surface area contributed by atoms with Gasteiger partial charge in [-0.25, -0.2) is 27.6 Å². The molecule has 0 radical (unpaired) electrons. The summed E-state index contributed by atoms with van der Waals surface area (Å²) < 4.78 is 56.1. The molecule has 9 heteroatoms. The zero-order chi connectivity index (χ0) is 22.1. The van der Waals surface area contributed by atoms with Crippen molar-refractivity contribution in [3.63, 3.8) is 0 Å². The van der Waals surface area contributed by atoms with Gasteiger partial charge in [0, 0.05) is 43.1 Å². The lowest BCUT2D eigenvalue weighted by Crippen LogP contribution is -2.28. The van der Waals surface area contributed by atoms with Crippen molar-refractivity contribution in [2.45, 2.75) is 31.8 Å².